The minimum Gasteiger partial charge on any atom is -0.336 e. The van der Waals surface area contributed by atoms with Crippen molar-refractivity contribution in [2.24, 2.45) is 5.92 Å². The Hall–Kier alpha value is -1.53. The van der Waals surface area contributed by atoms with Crippen LogP contribution in [0.4, 0.5) is 0 Å². The third-order valence-corrected chi connectivity index (χ3v) is 6.31. The predicted molar refractivity (Wildman–Crippen MR) is 115 cm³/mol. The van der Waals surface area contributed by atoms with E-state index >= 15 is 0 Å². The number of likely N-dealkylation sites (tertiary alicyclic amines) is 1. The molecule has 0 radical (unpaired) electrons. The fraction of sp³-hybridized carbons (Fsp3) is 0.429. The van der Waals surface area contributed by atoms with Gasteiger partial charge in [0.2, 0.25) is 9.70 Å². The first-order valence-corrected chi connectivity index (χ1v) is 10.8. The van der Waals surface area contributed by atoms with Crippen molar-refractivity contribution in [2.45, 2.75) is 35.3 Å². The molecule has 1 unspecified atom stereocenters. The number of benzene rings is 1. The molecule has 154 valence electrons. The maximum absolute atomic E-state index is 12.6. The summed E-state index contributed by atoms with van der Waals surface area (Å²) in [7, 11) is 0. The number of aromatic nitrogens is 1. The molecule has 1 fully saturated rings. The van der Waals surface area contributed by atoms with Gasteiger partial charge in [0.25, 0.3) is 5.56 Å². The van der Waals surface area contributed by atoms with Crippen LogP contribution >= 0.6 is 34.8 Å². The summed E-state index contributed by atoms with van der Waals surface area (Å²) in [6, 6.07) is 14.8. The van der Waals surface area contributed by atoms with Gasteiger partial charge in [-0.05, 0) is 24.0 Å². The fourth-order valence-corrected chi connectivity index (χ4v) is 5.09. The Labute approximate surface area is 184 Å². The average molecular weight is 455 g/mol. The molecule has 0 spiro atoms. The number of nitrogens with one attached hydrogen (secondary N) is 1. The number of nitrogens with zero attached hydrogens (tertiary/aromatic N) is 2. The number of alkyl halides is 3. The van der Waals surface area contributed by atoms with E-state index in [2.05, 4.69) is 5.32 Å². The third kappa shape index (κ3) is 4.64. The summed E-state index contributed by atoms with van der Waals surface area (Å²) in [4.78, 5) is 26.9. The monoisotopic (exact) mass is 453 g/mol. The molecule has 5 nitrogen and oxygen atoms in total. The zero-order valence-electron chi connectivity index (χ0n) is 15.7. The van der Waals surface area contributed by atoms with Crippen molar-refractivity contribution in [2.75, 3.05) is 13.1 Å². The molecule has 2 aliphatic heterocycles. The van der Waals surface area contributed by atoms with E-state index in [9.17, 15) is 9.59 Å². The molecular formula is C21H22Cl3N3O2. The Morgan fingerprint density at radius 1 is 1.07 bits per heavy atom. The Kier molecular flexibility index (Phi) is 5.94. The molecule has 1 saturated heterocycles. The summed E-state index contributed by atoms with van der Waals surface area (Å²) in [5, 5.41) is 2.92. The molecule has 3 atom stereocenters. The summed E-state index contributed by atoms with van der Waals surface area (Å²) in [5.74, 6) is 0.236. The molecular weight excluding hydrogens is 433 g/mol. The van der Waals surface area contributed by atoms with Gasteiger partial charge < -0.3 is 9.88 Å². The first-order valence-electron chi connectivity index (χ1n) is 9.65. The van der Waals surface area contributed by atoms with Gasteiger partial charge in [0.15, 0.2) is 0 Å². The Morgan fingerprint density at radius 2 is 1.83 bits per heavy atom. The molecule has 0 saturated carbocycles. The minimum atomic E-state index is -1.67. The van der Waals surface area contributed by atoms with Crippen LogP contribution in [0.3, 0.4) is 0 Å². The van der Waals surface area contributed by atoms with E-state index in [1.54, 1.807) is 12.1 Å². The molecule has 3 heterocycles. The van der Waals surface area contributed by atoms with Gasteiger partial charge in [-0.25, -0.2) is 0 Å². The van der Waals surface area contributed by atoms with E-state index in [0.29, 0.717) is 19.6 Å². The van der Waals surface area contributed by atoms with E-state index in [0.717, 1.165) is 17.7 Å². The minimum absolute atomic E-state index is 0.0275. The van der Waals surface area contributed by atoms with Crippen LogP contribution < -0.4 is 10.9 Å². The number of hydrogen-bond donors (Lipinski definition) is 1. The molecule has 1 N–H and O–H groups in total. The van der Waals surface area contributed by atoms with Gasteiger partial charge in [0.1, 0.15) is 6.17 Å². The SMILES string of the molecule is O=C(Cc1ccccc1)NC(N1C[C@@H]2C[C@H](C1)c1cccc(=O)n1C2)C(Cl)(Cl)Cl. The highest BCUT2D eigenvalue weighted by Crippen LogP contribution is 2.39. The summed E-state index contributed by atoms with van der Waals surface area (Å²) in [6.45, 7) is 1.91. The van der Waals surface area contributed by atoms with Gasteiger partial charge in [-0.1, -0.05) is 71.2 Å². The maximum Gasteiger partial charge on any atom is 0.250 e. The maximum atomic E-state index is 12.6. The number of pyridine rings is 1. The van der Waals surface area contributed by atoms with Crippen molar-refractivity contribution in [1.82, 2.24) is 14.8 Å². The smallest absolute Gasteiger partial charge is 0.250 e. The highest BCUT2D eigenvalue weighted by molar-refractivity contribution is 6.68. The van der Waals surface area contributed by atoms with Gasteiger partial charge in [0, 0.05) is 37.3 Å². The van der Waals surface area contributed by atoms with E-state index in [1.807, 2.05) is 45.9 Å². The van der Waals surface area contributed by atoms with E-state index in [-0.39, 0.29) is 29.7 Å². The van der Waals surface area contributed by atoms with Gasteiger partial charge in [-0.15, -0.1) is 0 Å². The Balaban J connectivity index is 1.53. The van der Waals surface area contributed by atoms with Crippen LogP contribution in [0.25, 0.3) is 0 Å². The lowest BCUT2D eigenvalue weighted by Gasteiger charge is -2.47. The molecule has 1 amide bonds. The van der Waals surface area contributed by atoms with Crippen molar-refractivity contribution >= 4 is 40.7 Å². The number of halogens is 3. The van der Waals surface area contributed by atoms with Gasteiger partial charge in [0.05, 0.1) is 6.42 Å². The molecule has 8 heteroatoms. The Bertz CT molecular complexity index is 942. The second-order valence-electron chi connectivity index (χ2n) is 7.83. The van der Waals surface area contributed by atoms with Gasteiger partial charge in [-0.2, -0.15) is 0 Å². The number of fused-ring (bicyclic) bond motifs is 4. The lowest BCUT2D eigenvalue weighted by atomic mass is 9.83. The lowest BCUT2D eigenvalue weighted by molar-refractivity contribution is -0.122. The molecule has 29 heavy (non-hydrogen) atoms. The summed E-state index contributed by atoms with van der Waals surface area (Å²) >= 11 is 18.8. The van der Waals surface area contributed by atoms with Crippen LogP contribution in [-0.2, 0) is 17.8 Å². The second-order valence-corrected chi connectivity index (χ2v) is 10.2. The average Bonchev–Trinajstić information content (AvgIpc) is 2.67. The lowest BCUT2D eigenvalue weighted by Crippen LogP contribution is -2.60. The zero-order chi connectivity index (χ0) is 20.6. The highest BCUT2D eigenvalue weighted by Gasteiger charge is 2.44. The number of hydrogen-bond acceptors (Lipinski definition) is 3. The topological polar surface area (TPSA) is 54.3 Å². The molecule has 1 aromatic carbocycles. The molecule has 2 aromatic rings. The predicted octanol–water partition coefficient (Wildman–Crippen LogP) is 3.32. The molecule has 2 bridgehead atoms. The molecule has 0 aliphatic carbocycles. The van der Waals surface area contributed by atoms with Crippen LogP contribution in [0.15, 0.2) is 53.3 Å². The molecule has 2 aliphatic rings. The van der Waals surface area contributed by atoms with Crippen LogP contribution in [0.1, 0.15) is 23.6 Å². The van der Waals surface area contributed by atoms with E-state index in [1.165, 1.54) is 0 Å². The first kappa shape index (κ1) is 20.7. The van der Waals surface area contributed by atoms with Crippen molar-refractivity contribution in [3.8, 4) is 0 Å². The van der Waals surface area contributed by atoms with Crippen molar-refractivity contribution in [3.63, 3.8) is 0 Å². The Morgan fingerprint density at radius 3 is 2.55 bits per heavy atom. The number of carbonyl (C=O) groups excluding carboxylic acids is 1. The number of piperidine rings is 1. The van der Waals surface area contributed by atoms with Gasteiger partial charge in [-0.3, -0.25) is 14.5 Å². The number of carbonyl (C=O) groups is 1. The van der Waals surface area contributed by atoms with E-state index in [4.69, 9.17) is 34.8 Å². The first-order chi connectivity index (χ1) is 13.8. The standard InChI is InChI=1S/C21H22Cl3N3O2/c22-21(23,24)20(25-18(28)10-14-5-2-1-3-6-14)26-11-15-9-16(13-26)17-7-4-8-19(29)27(17)12-15/h1-8,15-16,20H,9-13H2,(H,25,28)/t15-,16+,20?/m0/s1. The molecule has 4 rings (SSSR count). The number of rotatable bonds is 4. The fourth-order valence-electron chi connectivity index (χ4n) is 4.51. The van der Waals surface area contributed by atoms with E-state index < -0.39 is 9.96 Å². The quantitative estimate of drug-likeness (QED) is 0.721. The number of amides is 1. The summed E-state index contributed by atoms with van der Waals surface area (Å²) in [6.07, 6.45) is 0.470. The van der Waals surface area contributed by atoms with Gasteiger partial charge >= 0.3 is 0 Å². The van der Waals surface area contributed by atoms with Crippen LogP contribution in [0.2, 0.25) is 0 Å². The van der Waals surface area contributed by atoms with Crippen molar-refractivity contribution < 1.29 is 4.79 Å². The zero-order valence-corrected chi connectivity index (χ0v) is 18.0. The molecule has 1 aromatic heterocycles. The van der Waals surface area contributed by atoms with Crippen LogP contribution in [0.5, 0.6) is 0 Å². The summed E-state index contributed by atoms with van der Waals surface area (Å²) in [5.41, 5.74) is 1.94. The third-order valence-electron chi connectivity index (χ3n) is 5.69. The van der Waals surface area contributed by atoms with Crippen molar-refractivity contribution in [1.29, 1.82) is 0 Å². The largest absolute Gasteiger partial charge is 0.336 e. The van der Waals surface area contributed by atoms with Crippen LogP contribution in [0, 0.1) is 5.92 Å². The van der Waals surface area contributed by atoms with Crippen LogP contribution in [-0.4, -0.2) is 38.4 Å². The summed E-state index contributed by atoms with van der Waals surface area (Å²) < 4.78 is 0.183. The highest BCUT2D eigenvalue weighted by atomic mass is 35.6. The normalized spacial score (nSPS) is 22.6. The van der Waals surface area contributed by atoms with Crippen molar-refractivity contribution in [3.05, 3.63) is 70.1 Å². The second kappa shape index (κ2) is 8.31.